The molecule has 184 valence electrons. The number of aliphatic hydroxyl groups excluding tert-OH is 1. The Morgan fingerprint density at radius 3 is 2.15 bits per heavy atom. The maximum Gasteiger partial charge on any atom is 0.325 e. The summed E-state index contributed by atoms with van der Waals surface area (Å²) in [6, 6.07) is 1.05. The van der Waals surface area contributed by atoms with Crippen LogP contribution in [0.5, 0.6) is 5.75 Å². The van der Waals surface area contributed by atoms with E-state index in [9.17, 15) is 24.3 Å². The van der Waals surface area contributed by atoms with Crippen molar-refractivity contribution in [3.05, 3.63) is 48.0 Å². The molecule has 0 saturated heterocycles. The van der Waals surface area contributed by atoms with Crippen molar-refractivity contribution in [3.63, 3.8) is 0 Å². The Hall–Kier alpha value is -3.97. The maximum atomic E-state index is 13.1. The lowest BCUT2D eigenvalue weighted by Gasteiger charge is -2.24. The zero-order chi connectivity index (χ0) is 25.3. The van der Waals surface area contributed by atoms with Crippen LogP contribution < -0.4 is 21.7 Å². The van der Waals surface area contributed by atoms with E-state index >= 15 is 0 Å². The zero-order valence-electron chi connectivity index (χ0n) is 18.4. The fourth-order valence-electron chi connectivity index (χ4n) is 2.91. The van der Waals surface area contributed by atoms with Gasteiger partial charge in [0.15, 0.2) is 0 Å². The van der Waals surface area contributed by atoms with E-state index in [1.165, 1.54) is 31.6 Å². The zero-order valence-corrected chi connectivity index (χ0v) is 18.4. The second kappa shape index (κ2) is 12.3. The lowest BCUT2D eigenvalue weighted by atomic mass is 10.0. The summed E-state index contributed by atoms with van der Waals surface area (Å²) in [5, 5.41) is 35.0. The number of nitrogens with one attached hydrogen (secondary N) is 4. The minimum atomic E-state index is -1.26. The van der Waals surface area contributed by atoms with Crippen molar-refractivity contribution < 1.29 is 34.5 Å². The van der Waals surface area contributed by atoms with E-state index in [0.717, 1.165) is 0 Å². The van der Waals surface area contributed by atoms with Crippen molar-refractivity contribution >= 4 is 23.7 Å². The molecule has 0 saturated carbocycles. The van der Waals surface area contributed by atoms with E-state index in [2.05, 4.69) is 25.9 Å². The van der Waals surface area contributed by atoms with Crippen molar-refractivity contribution in [2.75, 3.05) is 6.61 Å². The van der Waals surface area contributed by atoms with Crippen molar-refractivity contribution in [1.82, 2.24) is 25.9 Å². The van der Waals surface area contributed by atoms with Crippen LogP contribution in [0.15, 0.2) is 36.8 Å². The van der Waals surface area contributed by atoms with Gasteiger partial charge in [-0.15, -0.1) is 0 Å². The number of aliphatic carboxylic acids is 1. The highest BCUT2D eigenvalue weighted by Crippen LogP contribution is 2.12. The molecular weight excluding hydrogens is 448 g/mol. The largest absolute Gasteiger partial charge is 0.508 e. The molecule has 0 radical (unpaired) electrons. The van der Waals surface area contributed by atoms with Crippen molar-refractivity contribution in [1.29, 1.82) is 0 Å². The number of aliphatic hydroxyl groups is 1. The third kappa shape index (κ3) is 7.86. The molecule has 1 aromatic heterocycles. The number of carbonyl (C=O) groups is 4. The molecule has 2 aromatic rings. The molecule has 13 nitrogen and oxygen atoms in total. The second-order valence-corrected chi connectivity index (χ2v) is 7.63. The average Bonchev–Trinajstić information content (AvgIpc) is 3.31. The van der Waals surface area contributed by atoms with Crippen molar-refractivity contribution in [2.45, 2.75) is 43.9 Å². The predicted molar refractivity (Wildman–Crippen MR) is 118 cm³/mol. The number of hydrogen-bond donors (Lipinski definition) is 8. The van der Waals surface area contributed by atoms with E-state index in [4.69, 9.17) is 15.9 Å². The summed E-state index contributed by atoms with van der Waals surface area (Å²) in [5.74, 6) is -3.52. The molecule has 13 heteroatoms. The van der Waals surface area contributed by atoms with Crippen LogP contribution in [0.1, 0.15) is 18.2 Å². The Bertz CT molecular complexity index is 980. The van der Waals surface area contributed by atoms with Gasteiger partial charge in [-0.2, -0.15) is 0 Å². The van der Waals surface area contributed by atoms with E-state index in [0.29, 0.717) is 11.3 Å². The molecule has 34 heavy (non-hydrogen) atoms. The molecule has 3 amide bonds. The molecule has 0 aliphatic heterocycles. The van der Waals surface area contributed by atoms with Crippen LogP contribution in [0, 0.1) is 0 Å². The molecule has 4 unspecified atom stereocenters. The van der Waals surface area contributed by atoms with Crippen LogP contribution in [-0.4, -0.2) is 79.8 Å². The van der Waals surface area contributed by atoms with Gasteiger partial charge in [-0.05, 0) is 24.6 Å². The number of aromatic nitrogens is 2. The van der Waals surface area contributed by atoms with Gasteiger partial charge in [-0.3, -0.25) is 19.2 Å². The number of imidazole rings is 1. The van der Waals surface area contributed by atoms with Gasteiger partial charge in [0.25, 0.3) is 0 Å². The number of carboxylic acid groups (broad SMARTS) is 1. The summed E-state index contributed by atoms with van der Waals surface area (Å²) < 4.78 is 0. The first-order valence-corrected chi connectivity index (χ1v) is 10.4. The smallest absolute Gasteiger partial charge is 0.325 e. The third-order valence-electron chi connectivity index (χ3n) is 4.88. The molecule has 0 aliphatic carbocycles. The molecule has 0 aliphatic rings. The van der Waals surface area contributed by atoms with Crippen LogP contribution in [0.2, 0.25) is 0 Å². The standard InChI is InChI=1S/C21H28N6O7/c1-11(21(33)34)25-19(31)16(6-12-2-4-14(29)5-3-12)27-20(32)17(7-13-8-23-10-24-13)26-18(30)15(22)9-28/h2-5,8,10-11,15-17,28-29H,6-7,9,22H2,1H3,(H,23,24)(H,25,31)(H,26,30)(H,27,32)(H,33,34). The highest BCUT2D eigenvalue weighted by atomic mass is 16.4. The predicted octanol–water partition coefficient (Wildman–Crippen LogP) is -2.22. The van der Waals surface area contributed by atoms with Crippen LogP contribution in [0.25, 0.3) is 0 Å². The molecular formula is C21H28N6O7. The minimum absolute atomic E-state index is 0.0100. The summed E-state index contributed by atoms with van der Waals surface area (Å²) in [7, 11) is 0. The van der Waals surface area contributed by atoms with Crippen molar-refractivity contribution in [3.8, 4) is 5.75 Å². The summed E-state index contributed by atoms with van der Waals surface area (Å²) in [6.45, 7) is 0.639. The molecule has 0 bridgehead atoms. The van der Waals surface area contributed by atoms with Crippen molar-refractivity contribution in [2.24, 2.45) is 5.73 Å². The Labute approximate surface area is 194 Å². The number of nitrogens with two attached hydrogens (primary N) is 1. The van der Waals surface area contributed by atoms with Gasteiger partial charge < -0.3 is 42.0 Å². The number of phenols is 1. The number of rotatable bonds is 12. The maximum absolute atomic E-state index is 13.1. The number of phenolic OH excluding ortho intramolecular Hbond substituents is 1. The van der Waals surface area contributed by atoms with Gasteiger partial charge in [0, 0.05) is 24.7 Å². The van der Waals surface area contributed by atoms with E-state index in [1.807, 2.05) is 0 Å². The summed E-state index contributed by atoms with van der Waals surface area (Å²) in [6.07, 6.45) is 2.80. The highest BCUT2D eigenvalue weighted by molar-refractivity contribution is 5.94. The third-order valence-corrected chi connectivity index (χ3v) is 4.88. The average molecular weight is 476 g/mol. The molecule has 0 spiro atoms. The Balaban J connectivity index is 2.24. The second-order valence-electron chi connectivity index (χ2n) is 7.63. The number of benzene rings is 1. The fourth-order valence-corrected chi connectivity index (χ4v) is 2.91. The first kappa shape index (κ1) is 26.3. The molecule has 1 heterocycles. The first-order chi connectivity index (χ1) is 16.1. The normalized spacial score (nSPS) is 14.3. The first-order valence-electron chi connectivity index (χ1n) is 10.4. The highest BCUT2D eigenvalue weighted by Gasteiger charge is 2.30. The lowest BCUT2D eigenvalue weighted by molar-refractivity contribution is -0.141. The fraction of sp³-hybridized carbons (Fsp3) is 0.381. The van der Waals surface area contributed by atoms with Gasteiger partial charge in [0.05, 0.1) is 12.9 Å². The van der Waals surface area contributed by atoms with Crippen LogP contribution in [0.4, 0.5) is 0 Å². The number of H-pyrrole nitrogens is 1. The van der Waals surface area contributed by atoms with E-state index < -0.39 is 54.5 Å². The SMILES string of the molecule is CC(NC(=O)C(Cc1ccc(O)cc1)NC(=O)C(Cc1cnc[nH]1)NC(=O)C(N)CO)C(=O)O. The van der Waals surface area contributed by atoms with Crippen LogP contribution in [-0.2, 0) is 32.0 Å². The number of amides is 3. The van der Waals surface area contributed by atoms with Gasteiger partial charge in [0.1, 0.15) is 29.9 Å². The quantitative estimate of drug-likeness (QED) is 0.166. The van der Waals surface area contributed by atoms with Gasteiger partial charge in [-0.25, -0.2) is 4.98 Å². The minimum Gasteiger partial charge on any atom is -0.508 e. The molecule has 9 N–H and O–H groups in total. The van der Waals surface area contributed by atoms with Gasteiger partial charge >= 0.3 is 5.97 Å². The Morgan fingerprint density at radius 2 is 1.59 bits per heavy atom. The number of hydrogen-bond acceptors (Lipinski definition) is 8. The number of carbonyl (C=O) groups excluding carboxylic acids is 3. The van der Waals surface area contributed by atoms with E-state index in [-0.39, 0.29) is 18.6 Å². The van der Waals surface area contributed by atoms with Gasteiger partial charge in [-0.1, -0.05) is 12.1 Å². The Morgan fingerprint density at radius 1 is 1.00 bits per heavy atom. The van der Waals surface area contributed by atoms with Crippen LogP contribution >= 0.6 is 0 Å². The number of aromatic hydroxyl groups is 1. The molecule has 2 rings (SSSR count). The van der Waals surface area contributed by atoms with E-state index in [1.54, 1.807) is 12.1 Å². The lowest BCUT2D eigenvalue weighted by Crippen LogP contribution is -2.58. The summed E-state index contributed by atoms with van der Waals surface area (Å²) >= 11 is 0. The molecule has 1 aromatic carbocycles. The number of nitrogens with zero attached hydrogens (tertiary/aromatic N) is 1. The Kier molecular flexibility index (Phi) is 9.52. The number of carboxylic acids is 1. The number of aromatic amines is 1. The summed E-state index contributed by atoms with van der Waals surface area (Å²) in [4.78, 5) is 55.9. The summed E-state index contributed by atoms with van der Waals surface area (Å²) in [5.41, 5.74) is 6.62. The van der Waals surface area contributed by atoms with Gasteiger partial charge in [0.2, 0.25) is 17.7 Å². The van der Waals surface area contributed by atoms with Crippen LogP contribution in [0.3, 0.4) is 0 Å². The monoisotopic (exact) mass is 476 g/mol. The topological polar surface area (TPSA) is 220 Å². The molecule has 0 fully saturated rings. The molecule has 4 atom stereocenters.